The quantitative estimate of drug-likeness (QED) is 0.534. The highest BCUT2D eigenvalue weighted by Gasteiger charge is 2.32. The fourth-order valence-electron chi connectivity index (χ4n) is 3.57. The molecule has 8 heteroatoms. The van der Waals surface area contributed by atoms with Crippen LogP contribution in [0, 0.1) is 5.92 Å². The lowest BCUT2D eigenvalue weighted by atomic mass is 9.96. The molecule has 0 amide bonds. The predicted molar refractivity (Wildman–Crippen MR) is 109 cm³/mol. The van der Waals surface area contributed by atoms with E-state index in [9.17, 15) is 14.7 Å². The third-order valence-corrected chi connectivity index (χ3v) is 5.55. The van der Waals surface area contributed by atoms with Crippen LogP contribution in [0.25, 0.3) is 5.57 Å². The van der Waals surface area contributed by atoms with Crippen LogP contribution in [-0.2, 0) is 14.2 Å². The maximum Gasteiger partial charge on any atom is 0.341 e. The second kappa shape index (κ2) is 9.05. The van der Waals surface area contributed by atoms with E-state index in [-0.39, 0.29) is 17.5 Å². The highest BCUT2D eigenvalue weighted by Crippen LogP contribution is 2.39. The summed E-state index contributed by atoms with van der Waals surface area (Å²) < 4.78 is 18.8. The molecule has 1 unspecified atom stereocenters. The maximum absolute atomic E-state index is 12.4. The molecule has 0 fully saturated rings. The number of pyridine rings is 1. The van der Waals surface area contributed by atoms with Crippen molar-refractivity contribution in [3.63, 3.8) is 0 Å². The topological polar surface area (TPSA) is 87.0 Å². The number of halogens is 1. The van der Waals surface area contributed by atoms with Crippen LogP contribution >= 0.6 is 11.6 Å². The van der Waals surface area contributed by atoms with Crippen molar-refractivity contribution in [1.82, 2.24) is 4.57 Å². The van der Waals surface area contributed by atoms with Crippen molar-refractivity contribution in [1.29, 1.82) is 0 Å². The summed E-state index contributed by atoms with van der Waals surface area (Å²) >= 11 is 6.56. The van der Waals surface area contributed by atoms with E-state index >= 15 is 0 Å². The Morgan fingerprint density at radius 1 is 1.41 bits per heavy atom. The van der Waals surface area contributed by atoms with Crippen LogP contribution in [0.4, 0.5) is 0 Å². The highest BCUT2D eigenvalue weighted by molar-refractivity contribution is 6.23. The number of carbonyl (C=O) groups is 1. The molecule has 1 N–H and O–H groups in total. The molecule has 0 bridgehead atoms. The number of hydrogen-bond donors (Lipinski definition) is 1. The number of methoxy groups -OCH3 is 1. The third kappa shape index (κ3) is 4.51. The molecular weight excluding hydrogens is 398 g/mol. The Balaban J connectivity index is 2.03. The van der Waals surface area contributed by atoms with Crippen molar-refractivity contribution >= 4 is 23.1 Å². The normalized spacial score (nSPS) is 21.1. The zero-order valence-electron chi connectivity index (χ0n) is 16.8. The number of allylic oxidation sites excluding steroid dienone is 3. The number of nitrogens with zero attached hydrogens (tertiary/aromatic N) is 1. The molecule has 29 heavy (non-hydrogen) atoms. The molecular formula is C21H26ClNO6. The van der Waals surface area contributed by atoms with Gasteiger partial charge in [-0.1, -0.05) is 13.8 Å². The number of alkyl halides is 1. The monoisotopic (exact) mass is 423 g/mol. The van der Waals surface area contributed by atoms with E-state index in [4.69, 9.17) is 25.8 Å². The summed E-state index contributed by atoms with van der Waals surface area (Å²) in [6.45, 7) is 5.50. The molecule has 3 rings (SSSR count). The van der Waals surface area contributed by atoms with Crippen LogP contribution < -0.4 is 5.43 Å². The van der Waals surface area contributed by atoms with E-state index in [1.807, 2.05) is 18.4 Å². The average molecular weight is 424 g/mol. The highest BCUT2D eigenvalue weighted by atomic mass is 35.5. The minimum Gasteiger partial charge on any atom is -0.496 e. The largest absolute Gasteiger partial charge is 0.496 e. The van der Waals surface area contributed by atoms with Gasteiger partial charge in [-0.2, -0.15) is 0 Å². The summed E-state index contributed by atoms with van der Waals surface area (Å²) in [5, 5.41) is 8.98. The van der Waals surface area contributed by atoms with Crippen molar-refractivity contribution in [3.05, 3.63) is 51.3 Å². The molecule has 2 atom stereocenters. The van der Waals surface area contributed by atoms with Crippen LogP contribution in [0.15, 0.2) is 34.7 Å². The lowest BCUT2D eigenvalue weighted by Gasteiger charge is -2.25. The zero-order chi connectivity index (χ0) is 21.1. The van der Waals surface area contributed by atoms with Crippen LogP contribution in [-0.4, -0.2) is 48.0 Å². The zero-order valence-corrected chi connectivity index (χ0v) is 17.6. The van der Waals surface area contributed by atoms with Gasteiger partial charge in [0.2, 0.25) is 0 Å². The van der Waals surface area contributed by atoms with Crippen molar-refractivity contribution in [2.24, 2.45) is 5.92 Å². The van der Waals surface area contributed by atoms with Crippen LogP contribution in [0.3, 0.4) is 0 Å². The van der Waals surface area contributed by atoms with Crippen molar-refractivity contribution in [3.8, 4) is 0 Å². The van der Waals surface area contributed by atoms with Crippen LogP contribution in [0.1, 0.15) is 48.8 Å². The van der Waals surface area contributed by atoms with Gasteiger partial charge in [0.1, 0.15) is 23.7 Å². The van der Waals surface area contributed by atoms with Gasteiger partial charge < -0.3 is 23.9 Å². The first-order chi connectivity index (χ1) is 13.8. The number of aromatic carboxylic acids is 1. The van der Waals surface area contributed by atoms with Crippen molar-refractivity contribution in [2.45, 2.75) is 38.1 Å². The lowest BCUT2D eigenvalue weighted by molar-refractivity contribution is 0.0693. The molecule has 0 saturated carbocycles. The van der Waals surface area contributed by atoms with Gasteiger partial charge in [-0.15, -0.1) is 11.6 Å². The predicted octanol–water partition coefficient (Wildman–Crippen LogP) is 3.43. The molecule has 0 spiro atoms. The number of aromatic nitrogens is 1. The first kappa shape index (κ1) is 21.5. The Hall–Kier alpha value is -2.25. The van der Waals surface area contributed by atoms with Crippen LogP contribution in [0.5, 0.6) is 0 Å². The fourth-order valence-corrected chi connectivity index (χ4v) is 3.85. The number of rotatable bonds is 7. The molecule has 2 heterocycles. The van der Waals surface area contributed by atoms with Gasteiger partial charge >= 0.3 is 5.97 Å². The molecule has 2 aliphatic rings. The molecule has 1 aliphatic carbocycles. The number of hydrogen-bond acceptors (Lipinski definition) is 5. The summed E-state index contributed by atoms with van der Waals surface area (Å²) in [7, 11) is 1.64. The average Bonchev–Trinajstić information content (AvgIpc) is 2.81. The van der Waals surface area contributed by atoms with Crippen molar-refractivity contribution < 1.29 is 24.1 Å². The molecule has 158 valence electrons. The van der Waals surface area contributed by atoms with E-state index in [0.717, 1.165) is 12.0 Å². The molecule has 0 radical (unpaired) electrons. The Kier molecular flexibility index (Phi) is 6.70. The first-order valence-electron chi connectivity index (χ1n) is 9.66. The Bertz CT molecular complexity index is 901. The van der Waals surface area contributed by atoms with E-state index in [2.05, 4.69) is 0 Å². The SMILES string of the molecule is COCCCOC1=CC2=C(C[C@H]1Cl)c1cc(=O)c(C(=O)O)cn1C(C(C)C)CO2. The minimum atomic E-state index is -1.24. The summed E-state index contributed by atoms with van der Waals surface area (Å²) in [6.07, 6.45) is 4.37. The molecule has 1 aromatic rings. The van der Waals surface area contributed by atoms with Gasteiger partial charge in [-0.05, 0) is 5.92 Å². The smallest absolute Gasteiger partial charge is 0.341 e. The molecule has 1 aliphatic heterocycles. The molecule has 7 nitrogen and oxygen atoms in total. The van der Waals surface area contributed by atoms with Crippen LogP contribution in [0.2, 0.25) is 0 Å². The van der Waals surface area contributed by atoms with Gasteiger partial charge in [0.25, 0.3) is 0 Å². The Morgan fingerprint density at radius 3 is 2.83 bits per heavy atom. The Labute approximate surface area is 174 Å². The molecule has 0 saturated heterocycles. The number of carboxylic acids is 1. The van der Waals surface area contributed by atoms with Gasteiger partial charge in [-0.25, -0.2) is 4.79 Å². The second-order valence-corrected chi connectivity index (χ2v) is 8.05. The first-order valence-corrected chi connectivity index (χ1v) is 10.1. The lowest BCUT2D eigenvalue weighted by Crippen LogP contribution is -2.26. The summed E-state index contributed by atoms with van der Waals surface area (Å²) in [6, 6.07) is 1.26. The van der Waals surface area contributed by atoms with Gasteiger partial charge in [0, 0.05) is 50.5 Å². The number of carboxylic acid groups (broad SMARTS) is 1. The van der Waals surface area contributed by atoms with E-state index in [0.29, 0.717) is 43.5 Å². The van der Waals surface area contributed by atoms with E-state index < -0.39 is 16.8 Å². The second-order valence-electron chi connectivity index (χ2n) is 7.53. The van der Waals surface area contributed by atoms with E-state index in [1.54, 1.807) is 13.2 Å². The standard InChI is InChI=1S/C21H26ClNO6/c1-12(2)17-11-29-19-9-20(28-6-4-5-27-3)15(22)7-13(19)16-8-18(24)14(21(25)26)10-23(16)17/h8-10,12,15,17H,4-7,11H2,1-3H3,(H,25,26)/t15-,17?/m1/s1. The van der Waals surface area contributed by atoms with Crippen molar-refractivity contribution in [2.75, 3.05) is 26.9 Å². The van der Waals surface area contributed by atoms with Gasteiger partial charge in [0.15, 0.2) is 5.43 Å². The van der Waals surface area contributed by atoms with Gasteiger partial charge in [-0.3, -0.25) is 4.79 Å². The van der Waals surface area contributed by atoms with E-state index in [1.165, 1.54) is 12.3 Å². The summed E-state index contributed by atoms with van der Waals surface area (Å²) in [5.74, 6) is 0.168. The third-order valence-electron chi connectivity index (χ3n) is 5.18. The molecule has 0 aromatic carbocycles. The Morgan fingerprint density at radius 2 is 2.17 bits per heavy atom. The number of ether oxygens (including phenoxy) is 3. The fraction of sp³-hybridized carbons (Fsp3) is 0.524. The molecule has 1 aromatic heterocycles. The van der Waals surface area contributed by atoms with Gasteiger partial charge in [0.05, 0.1) is 23.7 Å². The summed E-state index contributed by atoms with van der Waals surface area (Å²) in [4.78, 5) is 23.9. The maximum atomic E-state index is 12.4. The number of fused-ring (bicyclic) bond motifs is 2. The summed E-state index contributed by atoms with van der Waals surface area (Å²) in [5.41, 5.74) is 0.647. The minimum absolute atomic E-state index is 0.123.